The number of sulfonamides is 1. The van der Waals surface area contributed by atoms with E-state index in [0.717, 1.165) is 19.8 Å². The number of ether oxygens (including phenoxy) is 1. The van der Waals surface area contributed by atoms with Crippen LogP contribution in [0.1, 0.15) is 26.2 Å². The van der Waals surface area contributed by atoms with Gasteiger partial charge in [-0.05, 0) is 26.2 Å². The molecule has 0 heterocycles. The number of methoxy groups -OCH3 is 1. The summed E-state index contributed by atoms with van der Waals surface area (Å²) in [6.45, 7) is 2.07. The molecule has 0 saturated carbocycles. The third-order valence-electron chi connectivity index (χ3n) is 2.14. The van der Waals surface area contributed by atoms with Crippen LogP contribution >= 0.6 is 0 Å². The van der Waals surface area contributed by atoms with Gasteiger partial charge in [0.05, 0.1) is 0 Å². The molecule has 0 aromatic carbocycles. The molecular formula is C9H19NO5S. The van der Waals surface area contributed by atoms with Crippen molar-refractivity contribution >= 4 is 16.0 Å². The van der Waals surface area contributed by atoms with E-state index in [4.69, 9.17) is 9.84 Å². The first kappa shape index (κ1) is 15.3. The van der Waals surface area contributed by atoms with E-state index in [9.17, 15) is 13.2 Å². The van der Waals surface area contributed by atoms with Crippen LogP contribution in [0.2, 0.25) is 0 Å². The first-order chi connectivity index (χ1) is 7.41. The van der Waals surface area contributed by atoms with Gasteiger partial charge in [0.2, 0.25) is 10.0 Å². The SMILES string of the molecule is COCCCCCNS(=O)(=O)C(C)C(=O)O. The normalized spacial score (nSPS) is 13.6. The van der Waals surface area contributed by atoms with E-state index in [0.29, 0.717) is 13.0 Å². The summed E-state index contributed by atoms with van der Waals surface area (Å²) in [6.07, 6.45) is 2.39. The van der Waals surface area contributed by atoms with Crippen LogP contribution in [0, 0.1) is 0 Å². The predicted molar refractivity (Wildman–Crippen MR) is 59.7 cm³/mol. The van der Waals surface area contributed by atoms with Crippen LogP contribution < -0.4 is 4.72 Å². The Balaban J connectivity index is 3.79. The van der Waals surface area contributed by atoms with E-state index in [1.165, 1.54) is 0 Å². The number of carbonyl (C=O) groups is 1. The van der Waals surface area contributed by atoms with Gasteiger partial charge in [-0.3, -0.25) is 4.79 Å². The molecular weight excluding hydrogens is 234 g/mol. The molecule has 2 N–H and O–H groups in total. The minimum Gasteiger partial charge on any atom is -0.480 e. The summed E-state index contributed by atoms with van der Waals surface area (Å²) in [5.41, 5.74) is 0. The Bertz CT molecular complexity index is 301. The standard InChI is InChI=1S/C9H19NO5S/c1-8(9(11)12)16(13,14)10-6-4-3-5-7-15-2/h8,10H,3-7H2,1-2H3,(H,11,12). The van der Waals surface area contributed by atoms with Gasteiger partial charge >= 0.3 is 5.97 Å². The van der Waals surface area contributed by atoms with Crippen LogP contribution in [0.4, 0.5) is 0 Å². The molecule has 0 aliphatic rings. The first-order valence-electron chi connectivity index (χ1n) is 5.12. The van der Waals surface area contributed by atoms with Crippen molar-refractivity contribution in [3.05, 3.63) is 0 Å². The van der Waals surface area contributed by atoms with Crippen LogP contribution in [0.5, 0.6) is 0 Å². The zero-order valence-electron chi connectivity index (χ0n) is 9.60. The number of unbranched alkanes of at least 4 members (excludes halogenated alkanes) is 2. The van der Waals surface area contributed by atoms with Crippen molar-refractivity contribution in [3.63, 3.8) is 0 Å². The van der Waals surface area contributed by atoms with Crippen molar-refractivity contribution in [3.8, 4) is 0 Å². The molecule has 0 rings (SSSR count). The fourth-order valence-electron chi connectivity index (χ4n) is 1.02. The number of aliphatic carboxylic acids is 1. The highest BCUT2D eigenvalue weighted by Crippen LogP contribution is 2.00. The largest absolute Gasteiger partial charge is 0.480 e. The lowest BCUT2D eigenvalue weighted by molar-refractivity contribution is -0.136. The number of carboxylic acids is 1. The summed E-state index contributed by atoms with van der Waals surface area (Å²) in [5.74, 6) is -1.34. The fourth-order valence-corrected chi connectivity index (χ4v) is 1.96. The van der Waals surface area contributed by atoms with Crippen molar-refractivity contribution in [2.24, 2.45) is 0 Å². The van der Waals surface area contributed by atoms with E-state index >= 15 is 0 Å². The molecule has 1 atom stereocenters. The van der Waals surface area contributed by atoms with Crippen LogP contribution in [0.3, 0.4) is 0 Å². The van der Waals surface area contributed by atoms with Gasteiger partial charge in [0, 0.05) is 20.3 Å². The van der Waals surface area contributed by atoms with Crippen LogP contribution in [0.25, 0.3) is 0 Å². The summed E-state index contributed by atoms with van der Waals surface area (Å²) >= 11 is 0. The zero-order chi connectivity index (χ0) is 12.6. The highest BCUT2D eigenvalue weighted by molar-refractivity contribution is 7.90. The van der Waals surface area contributed by atoms with Crippen molar-refractivity contribution in [2.45, 2.75) is 31.4 Å². The molecule has 0 radical (unpaired) electrons. The summed E-state index contributed by atoms with van der Waals surface area (Å²) in [7, 11) is -2.12. The molecule has 0 saturated heterocycles. The average Bonchev–Trinajstić information content (AvgIpc) is 2.22. The van der Waals surface area contributed by atoms with Gasteiger partial charge in [0.15, 0.2) is 5.25 Å². The minimum absolute atomic E-state index is 0.268. The zero-order valence-corrected chi connectivity index (χ0v) is 10.4. The number of rotatable bonds is 9. The van der Waals surface area contributed by atoms with E-state index in [2.05, 4.69) is 4.72 Å². The highest BCUT2D eigenvalue weighted by atomic mass is 32.2. The molecule has 16 heavy (non-hydrogen) atoms. The summed E-state index contributed by atoms with van der Waals surface area (Å²) in [5, 5.41) is 7.14. The van der Waals surface area contributed by atoms with Crippen molar-refractivity contribution in [1.29, 1.82) is 0 Å². The molecule has 0 aliphatic carbocycles. The molecule has 6 nitrogen and oxygen atoms in total. The Labute approximate surface area is 96.0 Å². The molecule has 0 aromatic heterocycles. The number of hydrogen-bond acceptors (Lipinski definition) is 4. The monoisotopic (exact) mass is 253 g/mol. The Morgan fingerprint density at radius 2 is 2.00 bits per heavy atom. The second-order valence-corrected chi connectivity index (χ2v) is 5.56. The van der Waals surface area contributed by atoms with E-state index in [1.807, 2.05) is 0 Å². The second kappa shape index (κ2) is 7.59. The Hall–Kier alpha value is -0.660. The number of nitrogens with one attached hydrogen (secondary N) is 1. The summed E-state index contributed by atoms with van der Waals surface area (Å²) in [6, 6.07) is 0. The van der Waals surface area contributed by atoms with Gasteiger partial charge in [-0.25, -0.2) is 13.1 Å². The van der Waals surface area contributed by atoms with E-state index < -0.39 is 21.2 Å². The number of hydrogen-bond donors (Lipinski definition) is 2. The maximum atomic E-state index is 11.3. The molecule has 0 aliphatic heterocycles. The van der Waals surface area contributed by atoms with Crippen molar-refractivity contribution in [1.82, 2.24) is 4.72 Å². The van der Waals surface area contributed by atoms with Crippen LogP contribution in [0.15, 0.2) is 0 Å². The number of carboxylic acid groups (broad SMARTS) is 1. The molecule has 0 fully saturated rings. The lowest BCUT2D eigenvalue weighted by Crippen LogP contribution is -2.37. The summed E-state index contributed by atoms with van der Waals surface area (Å²) in [4.78, 5) is 10.5. The van der Waals surface area contributed by atoms with Gasteiger partial charge in [-0.15, -0.1) is 0 Å². The molecule has 0 aromatic rings. The van der Waals surface area contributed by atoms with E-state index in [1.54, 1.807) is 7.11 Å². The van der Waals surface area contributed by atoms with Crippen molar-refractivity contribution in [2.75, 3.05) is 20.3 Å². The van der Waals surface area contributed by atoms with Gasteiger partial charge in [0.1, 0.15) is 0 Å². The van der Waals surface area contributed by atoms with E-state index in [-0.39, 0.29) is 6.54 Å². The third-order valence-corrected chi connectivity index (χ3v) is 3.88. The third kappa shape index (κ3) is 6.04. The Morgan fingerprint density at radius 1 is 1.38 bits per heavy atom. The maximum Gasteiger partial charge on any atom is 0.323 e. The smallest absolute Gasteiger partial charge is 0.323 e. The quantitative estimate of drug-likeness (QED) is 0.572. The molecule has 96 valence electrons. The Kier molecular flexibility index (Phi) is 7.27. The molecule has 1 unspecified atom stereocenters. The maximum absolute atomic E-state index is 11.3. The van der Waals surface area contributed by atoms with Gasteiger partial charge in [-0.2, -0.15) is 0 Å². The fraction of sp³-hybridized carbons (Fsp3) is 0.889. The average molecular weight is 253 g/mol. The first-order valence-corrected chi connectivity index (χ1v) is 6.66. The van der Waals surface area contributed by atoms with Gasteiger partial charge in [-0.1, -0.05) is 0 Å². The van der Waals surface area contributed by atoms with Crippen LogP contribution in [-0.4, -0.2) is 45.0 Å². The highest BCUT2D eigenvalue weighted by Gasteiger charge is 2.26. The lowest BCUT2D eigenvalue weighted by atomic mass is 10.2. The molecule has 0 amide bonds. The minimum atomic E-state index is -3.73. The topological polar surface area (TPSA) is 92.7 Å². The molecule has 0 spiro atoms. The summed E-state index contributed by atoms with van der Waals surface area (Å²) < 4.78 is 29.8. The Morgan fingerprint density at radius 3 is 2.50 bits per heavy atom. The second-order valence-electron chi connectivity index (χ2n) is 3.47. The van der Waals surface area contributed by atoms with Crippen LogP contribution in [-0.2, 0) is 19.6 Å². The predicted octanol–water partition coefficient (Wildman–Crippen LogP) is 0.196. The molecule has 7 heteroatoms. The lowest BCUT2D eigenvalue weighted by Gasteiger charge is -2.09. The molecule has 0 bridgehead atoms. The van der Waals surface area contributed by atoms with Gasteiger partial charge in [0.25, 0.3) is 0 Å². The van der Waals surface area contributed by atoms with Gasteiger partial charge < -0.3 is 9.84 Å². The van der Waals surface area contributed by atoms with Crippen molar-refractivity contribution < 1.29 is 23.1 Å².